The maximum Gasteiger partial charge on any atom is 0.303 e. The molecule has 8 amide bonds. The normalized spacial score (nSPS) is 14.3. The summed E-state index contributed by atoms with van der Waals surface area (Å²) in [7, 11) is -4.45. The quantitative estimate of drug-likeness (QED) is 0.0180. The van der Waals surface area contributed by atoms with Crippen LogP contribution < -0.4 is 54.0 Å². The van der Waals surface area contributed by atoms with E-state index in [-0.39, 0.29) is 61.9 Å². The highest BCUT2D eigenvalue weighted by atomic mass is 32.2. The SMILES string of the molecule is CSCC[C@H](N)C(=O)N[C@@H](CCC(=O)O)C(=O)N[C@@H](CCC(=O)O)C(=O)N[C@@H](CC(C)C)C(=O)N[C@@H](Cc1ccc(O)cc1)C(=O)N[C@@H](CCCCN)C(=O)N[C@@H](CO)C(=O)N[C@@H](CSCNC(C)=O)C(=O)SCCS(=O)(=O)O. The molecule has 0 bridgehead atoms. The van der Waals surface area contributed by atoms with Crippen LogP contribution >= 0.6 is 35.3 Å². The molecule has 0 aliphatic carbocycles. The van der Waals surface area contributed by atoms with E-state index in [0.717, 1.165) is 11.8 Å². The number of carbonyl (C=O) groups excluding carboxylic acids is 9. The number of aliphatic hydroxyl groups is 1. The number of hydrogen-bond donors (Lipinski definition) is 15. The van der Waals surface area contributed by atoms with Gasteiger partial charge in [-0.3, -0.25) is 57.3 Å². The number of unbranched alkanes of at least 4 members (excludes halogenated alkanes) is 1. The molecule has 79 heavy (non-hydrogen) atoms. The van der Waals surface area contributed by atoms with Gasteiger partial charge in [0.15, 0.2) is 0 Å². The average Bonchev–Trinajstić information content (AvgIpc) is 3.36. The van der Waals surface area contributed by atoms with Gasteiger partial charge >= 0.3 is 11.9 Å². The molecule has 0 unspecified atom stereocenters. The van der Waals surface area contributed by atoms with Gasteiger partial charge in [-0.05, 0) is 87.1 Å². The number of nitrogens with one attached hydrogen (secondary N) is 8. The van der Waals surface area contributed by atoms with Crippen molar-refractivity contribution in [3.05, 3.63) is 29.8 Å². The second kappa shape index (κ2) is 38.0. The molecule has 1 rings (SSSR count). The van der Waals surface area contributed by atoms with Gasteiger partial charge in [0.05, 0.1) is 24.3 Å². The number of carbonyl (C=O) groups is 11. The van der Waals surface area contributed by atoms with Crippen molar-refractivity contribution >= 4 is 110 Å². The molecule has 0 spiro atoms. The highest BCUT2D eigenvalue weighted by Gasteiger charge is 2.35. The second-order valence-corrected chi connectivity index (χ2v) is 23.0. The molecule has 1 aromatic rings. The Balaban J connectivity index is 3.60. The van der Waals surface area contributed by atoms with Gasteiger partial charge in [0.2, 0.25) is 52.4 Å². The minimum atomic E-state index is -4.45. The zero-order valence-electron chi connectivity index (χ0n) is 44.4. The first kappa shape index (κ1) is 71.2. The summed E-state index contributed by atoms with van der Waals surface area (Å²) in [6.45, 7) is 3.77. The van der Waals surface area contributed by atoms with Crippen molar-refractivity contribution in [1.82, 2.24) is 42.5 Å². The van der Waals surface area contributed by atoms with E-state index in [2.05, 4.69) is 42.5 Å². The highest BCUT2D eigenvalue weighted by Crippen LogP contribution is 2.16. The maximum atomic E-state index is 14.4. The summed E-state index contributed by atoms with van der Waals surface area (Å²) >= 11 is 2.88. The van der Waals surface area contributed by atoms with Gasteiger partial charge in [0.1, 0.15) is 48.0 Å². The molecule has 0 saturated heterocycles. The molecule has 17 N–H and O–H groups in total. The van der Waals surface area contributed by atoms with Crippen LogP contribution in [0.1, 0.15) is 84.1 Å². The number of benzene rings is 1. The molecule has 0 aromatic heterocycles. The molecule has 8 atom stereocenters. The van der Waals surface area contributed by atoms with Gasteiger partial charge in [-0.1, -0.05) is 37.7 Å². The number of hydrogen-bond acceptors (Lipinski definition) is 20. The predicted octanol–water partition coefficient (Wildman–Crippen LogP) is -2.72. The number of amides is 8. The molecule has 28 nitrogen and oxygen atoms in total. The lowest BCUT2D eigenvalue weighted by atomic mass is 9.99. The number of phenolic OH excluding ortho intramolecular Hbond substituents is 1. The molecule has 446 valence electrons. The average molecular weight is 1200 g/mol. The molecule has 1 aromatic carbocycles. The van der Waals surface area contributed by atoms with Crippen LogP contribution in [0.5, 0.6) is 5.75 Å². The lowest BCUT2D eigenvalue weighted by Gasteiger charge is -2.28. The second-order valence-electron chi connectivity index (χ2n) is 18.3. The van der Waals surface area contributed by atoms with E-state index in [9.17, 15) is 81.6 Å². The fourth-order valence-corrected chi connectivity index (χ4v) is 10.2. The Morgan fingerprint density at radius 2 is 1.10 bits per heavy atom. The van der Waals surface area contributed by atoms with Crippen LogP contribution in [0, 0.1) is 5.92 Å². The molecule has 32 heteroatoms. The van der Waals surface area contributed by atoms with Crippen molar-refractivity contribution in [1.29, 1.82) is 0 Å². The Kier molecular flexibility index (Phi) is 34.3. The fraction of sp³-hybridized carbons (Fsp3) is 0.638. The molecule has 0 aliphatic rings. The van der Waals surface area contributed by atoms with Gasteiger partial charge in [-0.25, -0.2) is 0 Å². The largest absolute Gasteiger partial charge is 0.508 e. The number of carboxylic acids is 2. The van der Waals surface area contributed by atoms with Crippen molar-refractivity contribution in [2.24, 2.45) is 17.4 Å². The number of aliphatic carboxylic acids is 2. The summed E-state index contributed by atoms with van der Waals surface area (Å²) in [4.78, 5) is 145. The summed E-state index contributed by atoms with van der Waals surface area (Å²) in [5, 5.41) is 58.1. The highest BCUT2D eigenvalue weighted by molar-refractivity contribution is 8.14. The lowest BCUT2D eigenvalue weighted by Crippen LogP contribution is -2.61. The third-order valence-electron chi connectivity index (χ3n) is 11.2. The summed E-state index contributed by atoms with van der Waals surface area (Å²) in [6.07, 6.45) is -0.194. The Hall–Kier alpha value is -5.77. The molecular weight excluding hydrogens is 1120 g/mol. The first-order chi connectivity index (χ1) is 37.1. The first-order valence-corrected chi connectivity index (χ1v) is 30.1. The minimum absolute atomic E-state index is 0.00252. The Labute approximate surface area is 470 Å². The molecule has 0 aliphatic heterocycles. The Morgan fingerprint density at radius 1 is 0.633 bits per heavy atom. The summed E-state index contributed by atoms with van der Waals surface area (Å²) in [5.41, 5.74) is 12.1. The van der Waals surface area contributed by atoms with E-state index in [4.69, 9.17) is 16.0 Å². The lowest BCUT2D eigenvalue weighted by molar-refractivity contribution is -0.140. The number of carboxylic acid groups (broad SMARTS) is 2. The number of thioether (sulfide) groups is 3. The van der Waals surface area contributed by atoms with Crippen LogP contribution in [0.4, 0.5) is 0 Å². The predicted molar refractivity (Wildman–Crippen MR) is 295 cm³/mol. The van der Waals surface area contributed by atoms with E-state index in [1.807, 2.05) is 0 Å². The van der Waals surface area contributed by atoms with Crippen molar-refractivity contribution in [2.75, 3.05) is 48.3 Å². The fourth-order valence-electron chi connectivity index (χ4n) is 6.94. The van der Waals surface area contributed by atoms with Crippen LogP contribution in [0.3, 0.4) is 0 Å². The van der Waals surface area contributed by atoms with Gasteiger partial charge in [0.25, 0.3) is 10.1 Å². The molecule has 0 radical (unpaired) electrons. The molecule has 0 fully saturated rings. The van der Waals surface area contributed by atoms with E-state index in [0.29, 0.717) is 29.5 Å². The van der Waals surface area contributed by atoms with Crippen molar-refractivity contribution < 1.29 is 86.1 Å². The summed E-state index contributed by atoms with van der Waals surface area (Å²) in [6, 6.07) is -6.46. The van der Waals surface area contributed by atoms with Crippen LogP contribution in [0.25, 0.3) is 0 Å². The molecule has 0 saturated carbocycles. The van der Waals surface area contributed by atoms with Crippen LogP contribution in [-0.4, -0.2) is 194 Å². The molecule has 0 heterocycles. The number of nitrogens with two attached hydrogens (primary N) is 2. The third-order valence-corrected chi connectivity index (χ3v) is 14.7. The van der Waals surface area contributed by atoms with Gasteiger partial charge < -0.3 is 74.4 Å². The van der Waals surface area contributed by atoms with Crippen molar-refractivity contribution in [3.8, 4) is 5.75 Å². The minimum Gasteiger partial charge on any atom is -0.508 e. The van der Waals surface area contributed by atoms with Gasteiger partial charge in [-0.2, -0.15) is 20.2 Å². The zero-order valence-corrected chi connectivity index (χ0v) is 47.6. The maximum absolute atomic E-state index is 14.4. The van der Waals surface area contributed by atoms with Crippen LogP contribution in [0.2, 0.25) is 0 Å². The number of aliphatic hydroxyl groups excluding tert-OH is 1. The Bertz CT molecular complexity index is 2320. The van der Waals surface area contributed by atoms with Crippen LogP contribution in [0.15, 0.2) is 24.3 Å². The Morgan fingerprint density at radius 3 is 1.59 bits per heavy atom. The van der Waals surface area contributed by atoms with E-state index >= 15 is 0 Å². The van der Waals surface area contributed by atoms with Crippen molar-refractivity contribution in [2.45, 2.75) is 133 Å². The van der Waals surface area contributed by atoms with Crippen LogP contribution in [-0.2, 0) is 69.3 Å². The number of aromatic hydroxyl groups is 1. The monoisotopic (exact) mass is 1200 g/mol. The smallest absolute Gasteiger partial charge is 0.303 e. The van der Waals surface area contributed by atoms with E-state index in [1.54, 1.807) is 20.1 Å². The van der Waals surface area contributed by atoms with E-state index < -0.39 is 167 Å². The third kappa shape index (κ3) is 31.0. The van der Waals surface area contributed by atoms with E-state index in [1.165, 1.54) is 43.0 Å². The van der Waals surface area contributed by atoms with Gasteiger partial charge in [-0.15, -0.1) is 11.8 Å². The van der Waals surface area contributed by atoms with Gasteiger partial charge in [0, 0.05) is 37.7 Å². The number of phenols is 1. The topological polar surface area (TPSA) is 471 Å². The number of rotatable bonds is 40. The van der Waals surface area contributed by atoms with Crippen molar-refractivity contribution in [3.63, 3.8) is 0 Å². The first-order valence-electron chi connectivity index (χ1n) is 24.9. The molecular formula is C47H76N10O18S4. The summed E-state index contributed by atoms with van der Waals surface area (Å²) in [5.74, 6) is -11.4. The summed E-state index contributed by atoms with van der Waals surface area (Å²) < 4.78 is 31.6. The standard InChI is InChI=1S/C47H76N10O18S4/c1-26(2)21-34(54-43(68)33(13-15-39(63)64)53-42(67)32(12-14-38(61)62)51-40(65)30(49)16-18-76-4)44(69)55-35(22-28-8-10-29(60)11-9-28)45(70)52-31(7-5-6-17-48)41(66)56-36(23-58)46(71)57-37(24-77-25-50-27(3)59)47(72)78-19-20-79(73,74)75/h8-11,26,30-37,58,60H,5-7,12-25,48-49H2,1-4H3,(H,50,59)(H,51,65)(H,52,70)(H,53,67)(H,54,68)(H,55,69)(H,56,66)(H,57,71)(H,61,62)(H,63,64)(H,73,74,75)/t30-,31-,32-,33-,34-,35-,36-,37-/m0/s1. The zero-order chi connectivity index (χ0) is 59.8.